The topological polar surface area (TPSA) is 21.3 Å². The molecule has 0 aliphatic rings. The summed E-state index contributed by atoms with van der Waals surface area (Å²) in [6.07, 6.45) is 0.970. The van der Waals surface area contributed by atoms with Gasteiger partial charge in [-0.25, -0.2) is 0 Å². The van der Waals surface area contributed by atoms with Crippen molar-refractivity contribution in [1.82, 2.24) is 5.32 Å². The number of benzene rings is 1. The molecule has 0 saturated heterocycles. The number of hydrogen-bond donors (Lipinski definition) is 1. The molecule has 0 atom stereocenters. The quantitative estimate of drug-likeness (QED) is 0.747. The highest BCUT2D eigenvalue weighted by atomic mass is 35.5. The summed E-state index contributed by atoms with van der Waals surface area (Å²) in [6.45, 7) is 14.3. The summed E-state index contributed by atoms with van der Waals surface area (Å²) in [5.74, 6) is 0.738. The molecule has 2 nitrogen and oxygen atoms in total. The molecule has 0 radical (unpaired) electrons. The molecular formula is C17H27Cl2NO. The van der Waals surface area contributed by atoms with E-state index in [0.29, 0.717) is 23.2 Å². The van der Waals surface area contributed by atoms with Crippen LogP contribution in [0.3, 0.4) is 0 Å². The van der Waals surface area contributed by atoms with Crippen molar-refractivity contribution in [2.24, 2.45) is 5.41 Å². The Labute approximate surface area is 139 Å². The Morgan fingerprint density at radius 3 is 2.19 bits per heavy atom. The first-order valence-electron chi connectivity index (χ1n) is 7.34. The van der Waals surface area contributed by atoms with Crippen molar-refractivity contribution in [1.29, 1.82) is 0 Å². The fourth-order valence-electron chi connectivity index (χ4n) is 1.73. The molecule has 0 aromatic heterocycles. The Morgan fingerprint density at radius 2 is 1.67 bits per heavy atom. The summed E-state index contributed by atoms with van der Waals surface area (Å²) in [4.78, 5) is 0. The minimum Gasteiger partial charge on any atom is -0.492 e. The highest BCUT2D eigenvalue weighted by Crippen LogP contribution is 2.33. The zero-order chi connectivity index (χ0) is 16.3. The van der Waals surface area contributed by atoms with Gasteiger partial charge in [-0.05, 0) is 44.7 Å². The minimum atomic E-state index is 0.0253. The zero-order valence-corrected chi connectivity index (χ0v) is 15.5. The van der Waals surface area contributed by atoms with Crippen molar-refractivity contribution >= 4 is 23.2 Å². The van der Waals surface area contributed by atoms with Crippen LogP contribution < -0.4 is 10.1 Å². The molecule has 0 saturated carbocycles. The molecule has 0 spiro atoms. The summed E-state index contributed by atoms with van der Waals surface area (Å²) in [7, 11) is 0. The van der Waals surface area contributed by atoms with Gasteiger partial charge in [-0.1, -0.05) is 44.0 Å². The largest absolute Gasteiger partial charge is 0.492 e. The number of ether oxygens (including phenoxy) is 1. The van der Waals surface area contributed by atoms with Crippen molar-refractivity contribution in [2.45, 2.75) is 60.0 Å². The zero-order valence-electron chi connectivity index (χ0n) is 13.9. The van der Waals surface area contributed by atoms with Crippen LogP contribution in [0.1, 0.15) is 53.5 Å². The molecule has 0 fully saturated rings. The highest BCUT2D eigenvalue weighted by molar-refractivity contribution is 6.35. The second kappa shape index (κ2) is 7.21. The molecule has 0 unspecified atom stereocenters. The van der Waals surface area contributed by atoms with Crippen molar-refractivity contribution in [2.75, 3.05) is 6.61 Å². The van der Waals surface area contributed by atoms with Crippen LogP contribution in [-0.2, 0) is 6.54 Å². The van der Waals surface area contributed by atoms with Crippen LogP contribution in [0.25, 0.3) is 0 Å². The smallest absolute Gasteiger partial charge is 0.142 e. The van der Waals surface area contributed by atoms with Gasteiger partial charge in [0.1, 0.15) is 5.75 Å². The van der Waals surface area contributed by atoms with Crippen molar-refractivity contribution < 1.29 is 4.74 Å². The summed E-state index contributed by atoms with van der Waals surface area (Å²) < 4.78 is 5.93. The lowest BCUT2D eigenvalue weighted by Gasteiger charge is -2.23. The summed E-state index contributed by atoms with van der Waals surface area (Å²) >= 11 is 12.4. The fourth-order valence-corrected chi connectivity index (χ4v) is 2.32. The lowest BCUT2D eigenvalue weighted by molar-refractivity contribution is 0.240. The highest BCUT2D eigenvalue weighted by Gasteiger charge is 2.16. The summed E-state index contributed by atoms with van der Waals surface area (Å²) in [5.41, 5.74) is 1.26. The Balaban J connectivity index is 2.85. The van der Waals surface area contributed by atoms with E-state index in [9.17, 15) is 0 Å². The monoisotopic (exact) mass is 331 g/mol. The van der Waals surface area contributed by atoms with Gasteiger partial charge in [0.05, 0.1) is 11.6 Å². The van der Waals surface area contributed by atoms with E-state index in [-0.39, 0.29) is 11.0 Å². The van der Waals surface area contributed by atoms with Gasteiger partial charge in [-0.15, -0.1) is 0 Å². The second-order valence-electron chi connectivity index (χ2n) is 7.64. The maximum atomic E-state index is 6.30. The number of hydrogen-bond acceptors (Lipinski definition) is 2. The Kier molecular flexibility index (Phi) is 6.39. The van der Waals surface area contributed by atoms with Gasteiger partial charge in [-0.2, -0.15) is 0 Å². The molecule has 1 rings (SSSR count). The third-order valence-corrected chi connectivity index (χ3v) is 3.49. The normalized spacial score (nSPS) is 12.6. The lowest BCUT2D eigenvalue weighted by Crippen LogP contribution is -2.35. The van der Waals surface area contributed by atoms with Crippen molar-refractivity contribution in [3.63, 3.8) is 0 Å². The summed E-state index contributed by atoms with van der Waals surface area (Å²) in [6, 6.07) is 3.65. The van der Waals surface area contributed by atoms with Crippen LogP contribution in [0.5, 0.6) is 5.75 Å². The van der Waals surface area contributed by atoms with E-state index >= 15 is 0 Å². The van der Waals surface area contributed by atoms with Crippen LogP contribution in [0.2, 0.25) is 10.0 Å². The molecule has 120 valence electrons. The molecule has 4 heteroatoms. The number of rotatable bonds is 5. The number of halogens is 2. The number of nitrogens with one attached hydrogen (secondary N) is 1. The van der Waals surface area contributed by atoms with E-state index in [1.165, 1.54) is 0 Å². The van der Waals surface area contributed by atoms with Crippen LogP contribution in [-0.4, -0.2) is 12.1 Å². The molecule has 0 heterocycles. The fraction of sp³-hybridized carbons (Fsp3) is 0.647. The first-order valence-corrected chi connectivity index (χ1v) is 8.09. The molecule has 21 heavy (non-hydrogen) atoms. The van der Waals surface area contributed by atoms with Gasteiger partial charge in [0.2, 0.25) is 0 Å². The average Bonchev–Trinajstić information content (AvgIpc) is 2.26. The SMILES string of the molecule is CC(C)(C)CCOc1c(Cl)cc(Cl)cc1CNC(C)(C)C. The van der Waals surface area contributed by atoms with E-state index in [2.05, 4.69) is 46.9 Å². The first-order chi connectivity index (χ1) is 9.48. The van der Waals surface area contributed by atoms with Gasteiger partial charge in [0.15, 0.2) is 0 Å². The van der Waals surface area contributed by atoms with Gasteiger partial charge in [0.25, 0.3) is 0 Å². The van der Waals surface area contributed by atoms with Gasteiger partial charge in [-0.3, -0.25) is 0 Å². The van der Waals surface area contributed by atoms with E-state index in [0.717, 1.165) is 17.7 Å². The molecule has 0 aliphatic carbocycles. The predicted octanol–water partition coefficient (Wildman–Crippen LogP) is 5.70. The molecule has 1 aromatic carbocycles. The third-order valence-electron chi connectivity index (χ3n) is 2.99. The van der Waals surface area contributed by atoms with E-state index in [4.69, 9.17) is 27.9 Å². The predicted molar refractivity (Wildman–Crippen MR) is 92.6 cm³/mol. The third kappa shape index (κ3) is 7.39. The van der Waals surface area contributed by atoms with Crippen LogP contribution >= 0.6 is 23.2 Å². The van der Waals surface area contributed by atoms with Crippen LogP contribution in [0, 0.1) is 5.41 Å². The maximum Gasteiger partial charge on any atom is 0.142 e. The average molecular weight is 332 g/mol. The molecular weight excluding hydrogens is 305 g/mol. The van der Waals surface area contributed by atoms with Crippen LogP contribution in [0.4, 0.5) is 0 Å². The Hall–Kier alpha value is -0.440. The van der Waals surface area contributed by atoms with E-state index in [1.807, 2.05) is 6.07 Å². The second-order valence-corrected chi connectivity index (χ2v) is 8.48. The summed E-state index contributed by atoms with van der Waals surface area (Å²) in [5, 5.41) is 4.65. The van der Waals surface area contributed by atoms with Gasteiger partial charge < -0.3 is 10.1 Å². The van der Waals surface area contributed by atoms with Gasteiger partial charge in [0, 0.05) is 22.7 Å². The maximum absolute atomic E-state index is 6.30. The van der Waals surface area contributed by atoms with Crippen LogP contribution in [0.15, 0.2) is 12.1 Å². The molecule has 1 N–H and O–H groups in total. The van der Waals surface area contributed by atoms with E-state index in [1.54, 1.807) is 6.07 Å². The van der Waals surface area contributed by atoms with Crippen molar-refractivity contribution in [3.05, 3.63) is 27.7 Å². The van der Waals surface area contributed by atoms with Crippen molar-refractivity contribution in [3.8, 4) is 5.75 Å². The molecule has 0 aliphatic heterocycles. The van der Waals surface area contributed by atoms with E-state index < -0.39 is 0 Å². The standard InChI is InChI=1S/C17H27Cl2NO/c1-16(2,3)7-8-21-15-12(11-20-17(4,5)6)9-13(18)10-14(15)19/h9-10,20H,7-8,11H2,1-6H3. The van der Waals surface area contributed by atoms with Gasteiger partial charge >= 0.3 is 0 Å². The first kappa shape index (κ1) is 18.6. The minimum absolute atomic E-state index is 0.0253. The Bertz CT molecular complexity index is 473. The lowest BCUT2D eigenvalue weighted by atomic mass is 9.93. The molecule has 0 bridgehead atoms. The Morgan fingerprint density at radius 1 is 1.05 bits per heavy atom. The molecule has 0 amide bonds. The molecule has 1 aromatic rings.